The van der Waals surface area contributed by atoms with Crippen molar-refractivity contribution in [1.29, 1.82) is 0 Å². The summed E-state index contributed by atoms with van der Waals surface area (Å²) in [5.41, 5.74) is 2.86. The van der Waals surface area contributed by atoms with E-state index in [2.05, 4.69) is 25.9 Å². The highest BCUT2D eigenvalue weighted by molar-refractivity contribution is 9.10. The number of pyridine rings is 2. The Kier molecular flexibility index (Phi) is 3.75. The van der Waals surface area contributed by atoms with Gasteiger partial charge in [-0.25, -0.2) is 9.37 Å². The molecule has 5 rings (SSSR count). The van der Waals surface area contributed by atoms with Crippen molar-refractivity contribution in [2.75, 3.05) is 19.1 Å². The van der Waals surface area contributed by atoms with Gasteiger partial charge >= 0.3 is 0 Å². The monoisotopic (exact) mass is 441 g/mol. The van der Waals surface area contributed by atoms with E-state index in [-0.39, 0.29) is 17.6 Å². The number of likely N-dealkylation sites (N-methyl/N-ethyl adjacent to an activating group) is 1. The number of fused-ring (bicyclic) bond motifs is 4. The summed E-state index contributed by atoms with van der Waals surface area (Å²) in [5.74, 6) is 0.534. The van der Waals surface area contributed by atoms with Crippen LogP contribution >= 0.6 is 15.9 Å². The van der Waals surface area contributed by atoms with Crippen LogP contribution < -0.4 is 9.64 Å². The van der Waals surface area contributed by atoms with Crippen molar-refractivity contribution in [3.8, 4) is 5.88 Å². The van der Waals surface area contributed by atoms with Crippen molar-refractivity contribution in [1.82, 2.24) is 9.97 Å². The maximum absolute atomic E-state index is 14.0. The van der Waals surface area contributed by atoms with E-state index in [0.717, 1.165) is 22.2 Å². The van der Waals surface area contributed by atoms with E-state index >= 15 is 0 Å². The number of hydrogen-bond acceptors (Lipinski definition) is 4. The van der Waals surface area contributed by atoms with Gasteiger partial charge in [0.2, 0.25) is 11.8 Å². The lowest BCUT2D eigenvalue weighted by Gasteiger charge is -2.44. The molecule has 0 atom stereocenters. The number of halogens is 2. The Morgan fingerprint density at radius 3 is 2.82 bits per heavy atom. The first-order valence-corrected chi connectivity index (χ1v) is 9.80. The van der Waals surface area contributed by atoms with E-state index in [1.165, 1.54) is 6.07 Å². The largest absolute Gasteiger partial charge is 0.481 e. The summed E-state index contributed by atoms with van der Waals surface area (Å²) >= 11 is 3.27. The van der Waals surface area contributed by atoms with Crippen LogP contribution in [0.25, 0.3) is 10.9 Å². The Bertz CT molecular complexity index is 1140. The quantitative estimate of drug-likeness (QED) is 0.593. The molecule has 3 aromatic rings. The first-order chi connectivity index (χ1) is 13.4. The molecule has 142 valence electrons. The molecule has 1 aromatic carbocycles. The molecule has 2 aromatic heterocycles. The standard InChI is InChI=1S/C21H17BrFN3O2/c1-26-17-10-25-16-7-15(23)14(22)6-13(16)19(17)21(20(26)27)8-12(9-21)11-3-4-24-18(5-11)28-2/h3-7,10,12H,8-9H2,1-2H3. The first kappa shape index (κ1) is 17.6. The summed E-state index contributed by atoms with van der Waals surface area (Å²) in [7, 11) is 3.38. The van der Waals surface area contributed by atoms with E-state index in [4.69, 9.17) is 4.74 Å². The highest BCUT2D eigenvalue weighted by atomic mass is 79.9. The Morgan fingerprint density at radius 1 is 1.29 bits per heavy atom. The number of anilines is 1. The van der Waals surface area contributed by atoms with E-state index in [1.807, 2.05) is 12.1 Å². The average molecular weight is 442 g/mol. The number of ether oxygens (including phenoxy) is 1. The van der Waals surface area contributed by atoms with E-state index in [0.29, 0.717) is 28.7 Å². The summed E-state index contributed by atoms with van der Waals surface area (Å²) in [5, 5.41) is 0.828. The Hall–Kier alpha value is -2.54. The molecule has 3 heterocycles. The highest BCUT2D eigenvalue weighted by Crippen LogP contribution is 2.60. The third kappa shape index (κ3) is 2.25. The van der Waals surface area contributed by atoms with Crippen LogP contribution in [0.4, 0.5) is 10.1 Å². The lowest BCUT2D eigenvalue weighted by Crippen LogP contribution is -2.47. The lowest BCUT2D eigenvalue weighted by atomic mass is 9.57. The van der Waals surface area contributed by atoms with Crippen LogP contribution in [0.15, 0.2) is 41.1 Å². The number of aromatic nitrogens is 2. The van der Waals surface area contributed by atoms with Crippen molar-refractivity contribution in [3.05, 3.63) is 58.1 Å². The molecule has 0 saturated heterocycles. The van der Waals surface area contributed by atoms with Crippen molar-refractivity contribution >= 4 is 38.4 Å². The normalized spacial score (nSPS) is 23.2. The SMILES string of the molecule is COc1cc(C2CC3(C2)C(=O)N(C)c2cnc4cc(F)c(Br)cc4c23)ccn1. The van der Waals surface area contributed by atoms with Gasteiger partial charge in [0.1, 0.15) is 5.82 Å². The van der Waals surface area contributed by atoms with Gasteiger partial charge < -0.3 is 9.64 Å². The molecule has 1 fully saturated rings. The fourth-order valence-corrected chi connectivity index (χ4v) is 5.00. The number of methoxy groups -OCH3 is 1. The minimum atomic E-state index is -0.594. The van der Waals surface area contributed by atoms with Gasteiger partial charge in [0, 0.05) is 36.3 Å². The van der Waals surface area contributed by atoms with Crippen molar-refractivity contribution in [2.45, 2.75) is 24.2 Å². The van der Waals surface area contributed by atoms with Gasteiger partial charge in [-0.2, -0.15) is 0 Å². The summed E-state index contributed by atoms with van der Waals surface area (Å²) in [6.07, 6.45) is 4.81. The second-order valence-corrected chi connectivity index (χ2v) is 8.34. The van der Waals surface area contributed by atoms with E-state index < -0.39 is 5.41 Å². The maximum Gasteiger partial charge on any atom is 0.237 e. The molecular formula is C21H17BrFN3O2. The number of amides is 1. The van der Waals surface area contributed by atoms with Crippen LogP contribution in [-0.4, -0.2) is 30.0 Å². The Morgan fingerprint density at radius 2 is 2.07 bits per heavy atom. The molecule has 0 radical (unpaired) electrons. The topological polar surface area (TPSA) is 55.3 Å². The van der Waals surface area contributed by atoms with E-state index in [1.54, 1.807) is 37.5 Å². The minimum absolute atomic E-state index is 0.0783. The average Bonchev–Trinajstić information content (AvgIpc) is 2.90. The van der Waals surface area contributed by atoms with Gasteiger partial charge in [-0.3, -0.25) is 9.78 Å². The van der Waals surface area contributed by atoms with Gasteiger partial charge in [0.25, 0.3) is 0 Å². The molecule has 0 N–H and O–H groups in total. The summed E-state index contributed by atoms with van der Waals surface area (Å²) in [6.45, 7) is 0. The molecule has 1 saturated carbocycles. The van der Waals surface area contributed by atoms with Crippen LogP contribution in [0.3, 0.4) is 0 Å². The lowest BCUT2D eigenvalue weighted by molar-refractivity contribution is -0.126. The molecule has 1 aliphatic carbocycles. The Labute approximate surface area is 169 Å². The fraction of sp³-hybridized carbons (Fsp3) is 0.286. The third-order valence-corrected chi connectivity index (χ3v) is 6.68. The molecule has 1 aliphatic heterocycles. The zero-order valence-corrected chi connectivity index (χ0v) is 17.0. The molecule has 28 heavy (non-hydrogen) atoms. The zero-order valence-electron chi connectivity index (χ0n) is 15.4. The molecule has 1 amide bonds. The second kappa shape index (κ2) is 5.98. The van der Waals surface area contributed by atoms with Gasteiger partial charge in [0.05, 0.1) is 34.4 Å². The molecule has 1 spiro atoms. The third-order valence-electron chi connectivity index (χ3n) is 6.07. The van der Waals surface area contributed by atoms with Crippen molar-refractivity contribution in [2.24, 2.45) is 0 Å². The molecule has 0 bridgehead atoms. The molecule has 7 heteroatoms. The molecule has 0 unspecified atom stereocenters. The van der Waals surface area contributed by atoms with Gasteiger partial charge in [-0.05, 0) is 52.4 Å². The van der Waals surface area contributed by atoms with Gasteiger partial charge in [0.15, 0.2) is 0 Å². The van der Waals surface area contributed by atoms with Crippen LogP contribution in [0.5, 0.6) is 5.88 Å². The zero-order chi connectivity index (χ0) is 19.6. The van der Waals surface area contributed by atoms with Gasteiger partial charge in [-0.15, -0.1) is 0 Å². The number of hydrogen-bond donors (Lipinski definition) is 0. The Balaban J connectivity index is 1.62. The molecule has 2 aliphatic rings. The predicted octanol–water partition coefficient (Wildman–Crippen LogP) is 4.33. The smallest absolute Gasteiger partial charge is 0.237 e. The number of benzene rings is 1. The number of rotatable bonds is 2. The summed E-state index contributed by atoms with van der Waals surface area (Å²) in [6, 6.07) is 7.06. The van der Waals surface area contributed by atoms with Crippen LogP contribution in [0.1, 0.15) is 29.9 Å². The number of carbonyl (C=O) groups excluding carboxylic acids is 1. The van der Waals surface area contributed by atoms with E-state index in [9.17, 15) is 9.18 Å². The van der Waals surface area contributed by atoms with Crippen molar-refractivity contribution in [3.63, 3.8) is 0 Å². The van der Waals surface area contributed by atoms with Crippen molar-refractivity contribution < 1.29 is 13.9 Å². The van der Waals surface area contributed by atoms with Gasteiger partial charge in [-0.1, -0.05) is 0 Å². The number of carbonyl (C=O) groups is 1. The second-order valence-electron chi connectivity index (χ2n) is 7.48. The number of nitrogens with zero attached hydrogens (tertiary/aromatic N) is 3. The first-order valence-electron chi connectivity index (χ1n) is 9.01. The maximum atomic E-state index is 14.0. The highest BCUT2D eigenvalue weighted by Gasteiger charge is 2.58. The van der Waals surface area contributed by atoms with Crippen LogP contribution in [0, 0.1) is 5.82 Å². The fourth-order valence-electron chi connectivity index (χ4n) is 4.66. The van der Waals surface area contributed by atoms with Crippen LogP contribution in [0.2, 0.25) is 0 Å². The summed E-state index contributed by atoms with van der Waals surface area (Å²) in [4.78, 5) is 23.5. The van der Waals surface area contributed by atoms with Crippen LogP contribution in [-0.2, 0) is 10.2 Å². The predicted molar refractivity (Wildman–Crippen MR) is 107 cm³/mol. The summed E-state index contributed by atoms with van der Waals surface area (Å²) < 4.78 is 19.6. The molecular weight excluding hydrogens is 425 g/mol. The minimum Gasteiger partial charge on any atom is -0.481 e. The molecule has 5 nitrogen and oxygen atoms in total.